The van der Waals surface area contributed by atoms with E-state index in [1.165, 1.54) is 0 Å². The third-order valence-corrected chi connectivity index (χ3v) is 4.44. The molecule has 98 valence electrons. The van der Waals surface area contributed by atoms with E-state index in [9.17, 15) is 22.9 Å². The van der Waals surface area contributed by atoms with Gasteiger partial charge in [-0.2, -0.15) is 8.70 Å². The lowest BCUT2D eigenvalue weighted by Gasteiger charge is -2.34. The van der Waals surface area contributed by atoms with Gasteiger partial charge in [0.25, 0.3) is 0 Å². The molecule has 0 radical (unpaired) electrons. The lowest BCUT2D eigenvalue weighted by molar-refractivity contribution is -0.390. The Bertz CT molecular complexity index is 597. The fourth-order valence-electron chi connectivity index (χ4n) is 1.63. The molecule has 7 nitrogen and oxygen atoms in total. The van der Waals surface area contributed by atoms with Crippen LogP contribution >= 0.6 is 0 Å². The molecule has 0 aliphatic carbocycles. The Morgan fingerprint density at radius 2 is 2.06 bits per heavy atom. The van der Waals surface area contributed by atoms with E-state index in [-0.39, 0.29) is 13.1 Å². The molecular weight excluding hydrogens is 267 g/mol. The third kappa shape index (κ3) is 1.96. The van der Waals surface area contributed by atoms with E-state index < -0.39 is 37.5 Å². The van der Waals surface area contributed by atoms with Crippen LogP contribution in [-0.4, -0.2) is 41.9 Å². The number of hydrogen-bond acceptors (Lipinski definition) is 5. The summed E-state index contributed by atoms with van der Waals surface area (Å²) in [5, 5.41) is 19.8. The molecule has 0 atom stereocenters. The van der Waals surface area contributed by atoms with Crippen molar-refractivity contribution in [2.24, 2.45) is 0 Å². The molecule has 0 aromatic heterocycles. The Morgan fingerprint density at radius 3 is 2.56 bits per heavy atom. The van der Waals surface area contributed by atoms with Crippen LogP contribution in [0.5, 0.6) is 0 Å². The summed E-state index contributed by atoms with van der Waals surface area (Å²) < 4.78 is 38.1. The molecule has 2 rings (SSSR count). The molecule has 1 fully saturated rings. The van der Waals surface area contributed by atoms with Gasteiger partial charge in [-0.15, -0.1) is 0 Å². The van der Waals surface area contributed by atoms with Crippen molar-refractivity contribution in [2.75, 3.05) is 13.1 Å². The van der Waals surface area contributed by atoms with Crippen molar-refractivity contribution in [1.29, 1.82) is 0 Å². The van der Waals surface area contributed by atoms with Gasteiger partial charge in [-0.05, 0) is 12.1 Å². The first kappa shape index (κ1) is 12.9. The topological polar surface area (TPSA) is 101 Å². The van der Waals surface area contributed by atoms with Gasteiger partial charge in [-0.1, -0.05) is 6.07 Å². The SMILES string of the molecule is O=[N+]([O-])c1c(F)cccc1S(=O)(=O)N1CC(O)C1. The number of halogens is 1. The third-order valence-electron chi connectivity index (χ3n) is 2.58. The molecule has 0 saturated carbocycles. The number of benzene rings is 1. The number of hydrogen-bond donors (Lipinski definition) is 1. The Labute approximate surface area is 102 Å². The summed E-state index contributed by atoms with van der Waals surface area (Å²) in [6.45, 7) is -0.286. The van der Waals surface area contributed by atoms with E-state index in [2.05, 4.69) is 0 Å². The number of rotatable bonds is 3. The number of nitro groups is 1. The second-order valence-electron chi connectivity index (χ2n) is 3.82. The Hall–Kier alpha value is -1.58. The molecule has 1 heterocycles. The van der Waals surface area contributed by atoms with Crippen LogP contribution in [-0.2, 0) is 10.0 Å². The van der Waals surface area contributed by atoms with Crippen LogP contribution in [0.25, 0.3) is 0 Å². The first-order chi connectivity index (χ1) is 8.34. The highest BCUT2D eigenvalue weighted by Crippen LogP contribution is 2.31. The van der Waals surface area contributed by atoms with Crippen molar-refractivity contribution in [3.8, 4) is 0 Å². The van der Waals surface area contributed by atoms with Gasteiger partial charge >= 0.3 is 5.69 Å². The summed E-state index contributed by atoms with van der Waals surface area (Å²) in [5.41, 5.74) is -1.07. The molecule has 18 heavy (non-hydrogen) atoms. The minimum Gasteiger partial charge on any atom is -0.390 e. The summed E-state index contributed by atoms with van der Waals surface area (Å²) >= 11 is 0. The van der Waals surface area contributed by atoms with Crippen LogP contribution in [0, 0.1) is 15.9 Å². The minimum absolute atomic E-state index is 0.143. The summed E-state index contributed by atoms with van der Waals surface area (Å²) in [5.74, 6) is -1.21. The van der Waals surface area contributed by atoms with Crippen molar-refractivity contribution in [3.63, 3.8) is 0 Å². The molecule has 0 bridgehead atoms. The first-order valence-electron chi connectivity index (χ1n) is 4.95. The van der Waals surface area contributed by atoms with E-state index in [0.29, 0.717) is 0 Å². The predicted octanol–water partition coefficient (Wildman–Crippen LogP) is 0.0991. The van der Waals surface area contributed by atoms with Gasteiger partial charge in [0.2, 0.25) is 15.8 Å². The average molecular weight is 276 g/mol. The number of β-amino-alcohol motifs (C(OH)–C–C–N with tert-alkyl or cyclic N) is 1. The number of aliphatic hydroxyl groups is 1. The zero-order chi connectivity index (χ0) is 13.5. The second-order valence-corrected chi connectivity index (χ2v) is 5.73. The van der Waals surface area contributed by atoms with Gasteiger partial charge in [-0.3, -0.25) is 10.1 Å². The molecule has 0 spiro atoms. The molecule has 9 heteroatoms. The highest BCUT2D eigenvalue weighted by Gasteiger charge is 2.40. The van der Waals surface area contributed by atoms with Crippen LogP contribution in [0.1, 0.15) is 0 Å². The van der Waals surface area contributed by atoms with E-state index in [1.807, 2.05) is 0 Å². The monoisotopic (exact) mass is 276 g/mol. The molecule has 1 aromatic carbocycles. The molecular formula is C9H9FN2O5S. The van der Waals surface area contributed by atoms with Crippen LogP contribution in [0.15, 0.2) is 23.1 Å². The highest BCUT2D eigenvalue weighted by molar-refractivity contribution is 7.89. The Morgan fingerprint density at radius 1 is 1.44 bits per heavy atom. The Kier molecular flexibility index (Phi) is 3.05. The van der Waals surface area contributed by atoms with Gasteiger partial charge in [0.1, 0.15) is 0 Å². The van der Waals surface area contributed by atoms with Crippen LogP contribution in [0.2, 0.25) is 0 Å². The van der Waals surface area contributed by atoms with Crippen molar-refractivity contribution in [2.45, 2.75) is 11.0 Å². The summed E-state index contributed by atoms with van der Waals surface area (Å²) in [4.78, 5) is 8.95. The van der Waals surface area contributed by atoms with Crippen molar-refractivity contribution < 1.29 is 22.8 Å². The van der Waals surface area contributed by atoms with Crippen molar-refractivity contribution in [3.05, 3.63) is 34.1 Å². The average Bonchev–Trinajstić information content (AvgIpc) is 2.23. The standard InChI is InChI=1S/C9H9FN2O5S/c10-7-2-1-3-8(9(7)12(14)15)18(16,17)11-4-6(13)5-11/h1-3,6,13H,4-5H2. The van der Waals surface area contributed by atoms with E-state index in [4.69, 9.17) is 5.11 Å². The number of nitro benzene ring substituents is 1. The van der Waals surface area contributed by atoms with Crippen LogP contribution in [0.3, 0.4) is 0 Å². The normalized spacial score (nSPS) is 17.4. The quantitative estimate of drug-likeness (QED) is 0.623. The fraction of sp³-hybridized carbons (Fsp3) is 0.333. The second kappa shape index (κ2) is 4.26. The van der Waals surface area contributed by atoms with Gasteiger partial charge in [0, 0.05) is 13.1 Å². The fourth-order valence-corrected chi connectivity index (χ4v) is 3.31. The maximum Gasteiger partial charge on any atom is 0.324 e. The van der Waals surface area contributed by atoms with Crippen LogP contribution in [0.4, 0.5) is 10.1 Å². The zero-order valence-corrected chi connectivity index (χ0v) is 9.80. The Balaban J connectivity index is 2.51. The maximum atomic E-state index is 13.3. The molecule has 1 N–H and O–H groups in total. The lowest BCUT2D eigenvalue weighted by Crippen LogP contribution is -2.53. The molecule has 1 aliphatic heterocycles. The smallest absolute Gasteiger partial charge is 0.324 e. The highest BCUT2D eigenvalue weighted by atomic mass is 32.2. The molecule has 0 unspecified atom stereocenters. The minimum atomic E-state index is -4.14. The number of sulfonamides is 1. The largest absolute Gasteiger partial charge is 0.390 e. The van der Waals surface area contributed by atoms with E-state index in [1.54, 1.807) is 0 Å². The summed E-state index contributed by atoms with van der Waals surface area (Å²) in [6.07, 6.45) is -0.785. The molecule has 1 saturated heterocycles. The molecule has 1 aliphatic rings. The van der Waals surface area contributed by atoms with Gasteiger partial charge in [-0.25, -0.2) is 8.42 Å². The van der Waals surface area contributed by atoms with Crippen molar-refractivity contribution in [1.82, 2.24) is 4.31 Å². The molecule has 1 aromatic rings. The summed E-state index contributed by atoms with van der Waals surface area (Å²) in [7, 11) is -4.14. The van der Waals surface area contributed by atoms with E-state index in [0.717, 1.165) is 22.5 Å². The van der Waals surface area contributed by atoms with Gasteiger partial charge in [0.15, 0.2) is 4.90 Å². The number of nitrogens with zero attached hydrogens (tertiary/aromatic N) is 2. The zero-order valence-electron chi connectivity index (χ0n) is 8.98. The van der Waals surface area contributed by atoms with Gasteiger partial charge in [0.05, 0.1) is 11.0 Å². The summed E-state index contributed by atoms with van der Waals surface area (Å²) in [6, 6.07) is 2.88. The van der Waals surface area contributed by atoms with Crippen LogP contribution < -0.4 is 0 Å². The van der Waals surface area contributed by atoms with Gasteiger partial charge < -0.3 is 5.11 Å². The number of aliphatic hydroxyl groups excluding tert-OH is 1. The predicted molar refractivity (Wildman–Crippen MR) is 57.8 cm³/mol. The first-order valence-corrected chi connectivity index (χ1v) is 6.39. The lowest BCUT2D eigenvalue weighted by atomic mass is 10.2. The maximum absolute atomic E-state index is 13.3. The van der Waals surface area contributed by atoms with Crippen molar-refractivity contribution >= 4 is 15.7 Å². The molecule has 0 amide bonds. The number of para-hydroxylation sites is 1. The van der Waals surface area contributed by atoms with E-state index >= 15 is 0 Å².